The van der Waals surface area contributed by atoms with Crippen molar-refractivity contribution in [3.8, 4) is 0 Å². The van der Waals surface area contributed by atoms with Gasteiger partial charge in [-0.05, 0) is 13.3 Å². The number of rotatable bonds is 13. The molecule has 0 aromatic heterocycles. The van der Waals surface area contributed by atoms with Crippen molar-refractivity contribution in [2.75, 3.05) is 26.4 Å². The maximum atomic E-state index is 13.4. The number of alkyl halides is 27. The Kier molecular flexibility index (Phi) is 14.0. The van der Waals surface area contributed by atoms with Gasteiger partial charge >= 0.3 is 72.4 Å². The third-order valence-corrected chi connectivity index (χ3v) is 6.63. The molecule has 0 aromatic carbocycles. The largest absolute Gasteiger partial charge is 0.435 e. The first-order chi connectivity index (χ1) is 22.3. The molecule has 1 atom stereocenters. The van der Waals surface area contributed by atoms with Gasteiger partial charge in [-0.3, -0.25) is 0 Å². The lowest BCUT2D eigenvalue weighted by atomic mass is 9.89. The molecular weight excluding hydrogens is 829 g/mol. The second kappa shape index (κ2) is 14.5. The summed E-state index contributed by atoms with van der Waals surface area (Å²) in [6.07, 6.45) is -74.6. The minimum atomic E-state index is -8.00. The van der Waals surface area contributed by atoms with E-state index in [0.29, 0.717) is 6.92 Å². The Hall–Kier alpha value is -2.05. The molecule has 0 amide bonds. The van der Waals surface area contributed by atoms with Crippen LogP contribution in [0.3, 0.4) is 0 Å². The van der Waals surface area contributed by atoms with Crippen molar-refractivity contribution in [2.24, 2.45) is 5.41 Å². The van der Waals surface area contributed by atoms with E-state index >= 15 is 0 Å². The fourth-order valence-electron chi connectivity index (χ4n) is 3.65. The smallest absolute Gasteiger partial charge is 0.378 e. The molecule has 0 heterocycles. The Balaban J connectivity index is 8.38. The van der Waals surface area contributed by atoms with E-state index < -0.39 is 117 Å². The molecule has 0 radical (unpaired) electrons. The van der Waals surface area contributed by atoms with Crippen LogP contribution in [-0.2, 0) is 18.9 Å². The Bertz CT molecular complexity index is 903. The maximum Gasteiger partial charge on any atom is 0.435 e. The predicted molar refractivity (Wildman–Crippen MR) is 109 cm³/mol. The molecule has 0 aromatic rings. The summed E-state index contributed by atoms with van der Waals surface area (Å²) in [5.74, 6) is 0. The van der Waals surface area contributed by atoms with Crippen LogP contribution < -0.4 is 0 Å². The maximum absolute atomic E-state index is 13.4. The van der Waals surface area contributed by atoms with Gasteiger partial charge in [-0.15, -0.1) is 0 Å². The van der Waals surface area contributed by atoms with Gasteiger partial charge < -0.3 is 18.9 Å². The molecule has 0 aliphatic heterocycles. The zero-order valence-corrected chi connectivity index (χ0v) is 24.5. The molecule has 314 valence electrons. The average Bonchev–Trinajstić information content (AvgIpc) is 2.80. The molecular formula is C21H17F27O4. The molecule has 0 saturated heterocycles. The molecule has 0 aliphatic rings. The van der Waals surface area contributed by atoms with E-state index in [1.807, 2.05) is 0 Å². The van der Waals surface area contributed by atoms with Crippen LogP contribution in [0.1, 0.15) is 20.3 Å². The molecule has 31 heteroatoms. The average molecular weight is 846 g/mol. The summed E-state index contributed by atoms with van der Waals surface area (Å²) < 4.78 is 376. The summed E-state index contributed by atoms with van der Waals surface area (Å²) in [4.78, 5) is 0. The van der Waals surface area contributed by atoms with Gasteiger partial charge in [0.2, 0.25) is 0 Å². The first kappa shape index (κ1) is 49.9. The van der Waals surface area contributed by atoms with Crippen LogP contribution in [-0.4, -0.2) is 105 Å². The zero-order valence-electron chi connectivity index (χ0n) is 24.5. The van der Waals surface area contributed by atoms with E-state index in [1.165, 1.54) is 0 Å². The number of hydrogen-bond donors (Lipinski definition) is 0. The number of hydrogen-bond acceptors (Lipinski definition) is 4. The fraction of sp³-hybridized carbons (Fsp3) is 1.00. The van der Waals surface area contributed by atoms with Gasteiger partial charge in [-0.2, -0.15) is 119 Å². The standard InChI is InChI=1S/C21H17F27O4/c1-3-8(2)49-4-9(5-50-10(13(22,23)24,14(25,26)27)15(28,29)30,6-51-11(16(31,32)33,17(34,35)36)18(37,38)39)7-52-12(19(40,41)42,20(43,44)45)21(46,47)48/h8H,3-7H2,1-2H3. The van der Waals surface area contributed by atoms with Crippen molar-refractivity contribution in [3.05, 3.63) is 0 Å². The molecule has 1 unspecified atom stereocenters. The van der Waals surface area contributed by atoms with E-state index in [-0.39, 0.29) is 0 Å². The van der Waals surface area contributed by atoms with E-state index in [4.69, 9.17) is 0 Å². The van der Waals surface area contributed by atoms with Crippen molar-refractivity contribution in [2.45, 2.75) is 98.8 Å². The second-order valence-corrected chi connectivity index (χ2v) is 10.4. The Morgan fingerprint density at radius 2 is 0.500 bits per heavy atom. The lowest BCUT2D eigenvalue weighted by molar-refractivity contribution is -0.474. The lowest BCUT2D eigenvalue weighted by Crippen LogP contribution is -2.71. The zero-order chi connectivity index (χ0) is 42.4. The Morgan fingerprint density at radius 3 is 0.635 bits per heavy atom. The van der Waals surface area contributed by atoms with Crippen LogP contribution in [0.15, 0.2) is 0 Å². The van der Waals surface area contributed by atoms with Crippen molar-refractivity contribution in [1.82, 2.24) is 0 Å². The Labute approximate surface area is 269 Å². The lowest BCUT2D eigenvalue weighted by Gasteiger charge is -2.45. The van der Waals surface area contributed by atoms with Crippen molar-refractivity contribution < 1.29 is 137 Å². The van der Waals surface area contributed by atoms with Crippen LogP contribution in [0.2, 0.25) is 0 Å². The first-order valence-electron chi connectivity index (χ1n) is 12.5. The van der Waals surface area contributed by atoms with Crippen LogP contribution in [0.25, 0.3) is 0 Å². The molecule has 0 aliphatic carbocycles. The normalized spacial score (nSPS) is 16.8. The number of halogens is 27. The molecule has 52 heavy (non-hydrogen) atoms. The SMILES string of the molecule is CCC(C)OCC(COC(C(F)(F)F)(C(F)(F)F)C(F)(F)F)(COC(C(F)(F)F)(C(F)(F)F)C(F)(F)F)COC(C(F)(F)F)(C(F)(F)F)C(F)(F)F. The van der Waals surface area contributed by atoms with Gasteiger partial charge in [0.15, 0.2) is 0 Å². The molecule has 0 saturated carbocycles. The molecule has 0 rings (SSSR count). The van der Waals surface area contributed by atoms with E-state index in [9.17, 15) is 119 Å². The third kappa shape index (κ3) is 9.07. The highest BCUT2D eigenvalue weighted by atomic mass is 19.5. The summed E-state index contributed by atoms with van der Waals surface area (Å²) >= 11 is 0. The molecule has 0 N–H and O–H groups in total. The van der Waals surface area contributed by atoms with Gasteiger partial charge in [0.25, 0.3) is 0 Å². The monoisotopic (exact) mass is 846 g/mol. The van der Waals surface area contributed by atoms with Crippen molar-refractivity contribution in [1.29, 1.82) is 0 Å². The molecule has 0 fully saturated rings. The van der Waals surface area contributed by atoms with Gasteiger partial charge in [-0.1, -0.05) is 6.92 Å². The third-order valence-electron chi connectivity index (χ3n) is 6.63. The van der Waals surface area contributed by atoms with Gasteiger partial charge in [0.05, 0.1) is 37.9 Å². The minimum Gasteiger partial charge on any atom is -0.378 e. The van der Waals surface area contributed by atoms with Crippen LogP contribution in [0, 0.1) is 5.41 Å². The van der Waals surface area contributed by atoms with E-state index in [2.05, 4.69) is 18.9 Å². The van der Waals surface area contributed by atoms with Crippen molar-refractivity contribution in [3.63, 3.8) is 0 Å². The summed E-state index contributed by atoms with van der Waals surface area (Å²) in [6.45, 7) is -13.2. The van der Waals surface area contributed by atoms with Gasteiger partial charge in [0.1, 0.15) is 0 Å². The summed E-state index contributed by atoms with van der Waals surface area (Å²) in [6, 6.07) is 0. The first-order valence-corrected chi connectivity index (χ1v) is 12.5. The van der Waals surface area contributed by atoms with Crippen LogP contribution >= 0.6 is 0 Å². The van der Waals surface area contributed by atoms with E-state index in [0.717, 1.165) is 6.92 Å². The fourth-order valence-corrected chi connectivity index (χ4v) is 3.65. The van der Waals surface area contributed by atoms with Crippen molar-refractivity contribution >= 4 is 0 Å². The van der Waals surface area contributed by atoms with Crippen LogP contribution in [0.4, 0.5) is 119 Å². The topological polar surface area (TPSA) is 36.9 Å². The molecule has 0 bridgehead atoms. The van der Waals surface area contributed by atoms with Crippen LogP contribution in [0.5, 0.6) is 0 Å². The molecule has 4 nitrogen and oxygen atoms in total. The summed E-state index contributed by atoms with van der Waals surface area (Å²) in [5, 5.41) is 0. The van der Waals surface area contributed by atoms with Gasteiger partial charge in [-0.25, -0.2) is 0 Å². The summed E-state index contributed by atoms with van der Waals surface area (Å²) in [5.41, 5.74) is -28.6. The molecule has 0 spiro atoms. The van der Waals surface area contributed by atoms with E-state index in [1.54, 1.807) is 0 Å². The highest BCUT2D eigenvalue weighted by Crippen LogP contribution is 2.59. The highest BCUT2D eigenvalue weighted by Gasteiger charge is 2.88. The summed E-state index contributed by atoms with van der Waals surface area (Å²) in [7, 11) is 0. The minimum absolute atomic E-state index is 0.565. The van der Waals surface area contributed by atoms with Gasteiger partial charge in [0, 0.05) is 0 Å². The second-order valence-electron chi connectivity index (χ2n) is 10.4. The Morgan fingerprint density at radius 1 is 0.327 bits per heavy atom. The quantitative estimate of drug-likeness (QED) is 0.173. The predicted octanol–water partition coefficient (Wildman–Crippen LogP) is 10.1. The number of ether oxygens (including phenoxy) is 4. The highest BCUT2D eigenvalue weighted by molar-refractivity contribution is 5.06.